The first kappa shape index (κ1) is 18.6. The number of aromatic nitrogens is 1. The molecule has 134 valence electrons. The summed E-state index contributed by atoms with van der Waals surface area (Å²) in [6, 6.07) is 7.06. The number of nitrogens with zero attached hydrogens (tertiary/aromatic N) is 1. The van der Waals surface area contributed by atoms with Gasteiger partial charge in [0.2, 0.25) is 5.78 Å². The molecule has 0 aliphatic rings. The predicted octanol–water partition coefficient (Wildman–Crippen LogP) is 3.18. The largest absolute Gasteiger partial charge is 0.497 e. The summed E-state index contributed by atoms with van der Waals surface area (Å²) in [5.74, 6) is 0.568. The lowest BCUT2D eigenvalue weighted by atomic mass is 10.1. The third kappa shape index (κ3) is 3.68. The van der Waals surface area contributed by atoms with Crippen molar-refractivity contribution in [2.45, 2.75) is 27.3 Å². The summed E-state index contributed by atoms with van der Waals surface area (Å²) in [5.41, 5.74) is 2.27. The number of esters is 1. The molecule has 0 aliphatic heterocycles. The van der Waals surface area contributed by atoms with Gasteiger partial charge in [-0.2, -0.15) is 0 Å². The van der Waals surface area contributed by atoms with Crippen molar-refractivity contribution in [3.05, 3.63) is 46.8 Å². The van der Waals surface area contributed by atoms with Crippen LogP contribution >= 0.6 is 0 Å². The van der Waals surface area contributed by atoms with Crippen molar-refractivity contribution in [2.24, 2.45) is 0 Å². The highest BCUT2D eigenvalue weighted by atomic mass is 16.5. The summed E-state index contributed by atoms with van der Waals surface area (Å²) in [5, 5.41) is 0. The van der Waals surface area contributed by atoms with Crippen molar-refractivity contribution in [1.82, 2.24) is 4.57 Å². The maximum Gasteiger partial charge on any atom is 0.354 e. The number of hydrogen-bond acceptors (Lipinski definition) is 5. The Morgan fingerprint density at radius 2 is 1.80 bits per heavy atom. The van der Waals surface area contributed by atoms with Gasteiger partial charge in [0, 0.05) is 23.9 Å². The fraction of sp³-hybridized carbons (Fsp3) is 0.368. The number of ether oxygens (including phenoxy) is 3. The Hall–Kier alpha value is -2.76. The normalized spacial score (nSPS) is 10.4. The van der Waals surface area contributed by atoms with Crippen molar-refractivity contribution >= 4 is 11.8 Å². The second-order valence-corrected chi connectivity index (χ2v) is 5.56. The Balaban J connectivity index is 2.27. The number of carbonyl (C=O) groups is 2. The van der Waals surface area contributed by atoms with E-state index in [4.69, 9.17) is 14.2 Å². The van der Waals surface area contributed by atoms with Gasteiger partial charge < -0.3 is 18.8 Å². The SMILES string of the molecule is CCn1c(C)c(C(=O)COc2cccc(OC)c2)c(C)c1C(=O)OC. The monoisotopic (exact) mass is 345 g/mol. The zero-order chi connectivity index (χ0) is 18.6. The summed E-state index contributed by atoms with van der Waals surface area (Å²) in [6.07, 6.45) is 0. The third-order valence-electron chi connectivity index (χ3n) is 4.15. The van der Waals surface area contributed by atoms with Crippen LogP contribution in [-0.2, 0) is 11.3 Å². The van der Waals surface area contributed by atoms with Gasteiger partial charge in [-0.1, -0.05) is 6.07 Å². The molecule has 0 radical (unpaired) electrons. The van der Waals surface area contributed by atoms with Crippen LogP contribution in [0.15, 0.2) is 24.3 Å². The summed E-state index contributed by atoms with van der Waals surface area (Å²) in [6.45, 7) is 5.94. The molecule has 2 rings (SSSR count). The fourth-order valence-corrected chi connectivity index (χ4v) is 2.97. The summed E-state index contributed by atoms with van der Waals surface area (Å²) >= 11 is 0. The molecule has 0 bridgehead atoms. The smallest absolute Gasteiger partial charge is 0.354 e. The summed E-state index contributed by atoms with van der Waals surface area (Å²) < 4.78 is 17.4. The molecule has 0 unspecified atom stereocenters. The summed E-state index contributed by atoms with van der Waals surface area (Å²) in [7, 11) is 2.90. The van der Waals surface area contributed by atoms with Crippen molar-refractivity contribution in [3.8, 4) is 11.5 Å². The molecule has 1 aromatic carbocycles. The van der Waals surface area contributed by atoms with Crippen molar-refractivity contribution in [1.29, 1.82) is 0 Å². The average Bonchev–Trinajstić information content (AvgIpc) is 2.89. The second-order valence-electron chi connectivity index (χ2n) is 5.56. The first-order valence-corrected chi connectivity index (χ1v) is 8.02. The molecule has 0 atom stereocenters. The van der Waals surface area contributed by atoms with Gasteiger partial charge in [0.15, 0.2) is 6.61 Å². The highest BCUT2D eigenvalue weighted by Crippen LogP contribution is 2.24. The fourth-order valence-electron chi connectivity index (χ4n) is 2.97. The van der Waals surface area contributed by atoms with Crippen LogP contribution in [0.4, 0.5) is 0 Å². The molecule has 0 N–H and O–H groups in total. The second kappa shape index (κ2) is 7.88. The van der Waals surface area contributed by atoms with E-state index in [1.807, 2.05) is 13.8 Å². The number of ketones is 1. The molecule has 2 aromatic rings. The first-order chi connectivity index (χ1) is 11.9. The van der Waals surface area contributed by atoms with Crippen molar-refractivity contribution < 1.29 is 23.8 Å². The number of rotatable bonds is 7. The Morgan fingerprint density at radius 1 is 1.12 bits per heavy atom. The molecule has 0 saturated carbocycles. The van der Waals surface area contributed by atoms with E-state index in [1.54, 1.807) is 42.9 Å². The van der Waals surface area contributed by atoms with E-state index in [0.29, 0.717) is 34.9 Å². The van der Waals surface area contributed by atoms with E-state index < -0.39 is 5.97 Å². The lowest BCUT2D eigenvalue weighted by molar-refractivity contribution is 0.0587. The number of carbonyl (C=O) groups excluding carboxylic acids is 2. The molecule has 0 aliphatic carbocycles. The van der Waals surface area contributed by atoms with Crippen molar-refractivity contribution in [3.63, 3.8) is 0 Å². The number of Topliss-reactive ketones (excluding diaryl/α,β-unsaturated/α-hetero) is 1. The highest BCUT2D eigenvalue weighted by molar-refractivity contribution is 6.03. The van der Waals surface area contributed by atoms with Crippen LogP contribution in [0.5, 0.6) is 11.5 Å². The molecule has 0 spiro atoms. The zero-order valence-electron chi connectivity index (χ0n) is 15.2. The topological polar surface area (TPSA) is 66.8 Å². The summed E-state index contributed by atoms with van der Waals surface area (Å²) in [4.78, 5) is 24.7. The molecule has 6 heteroatoms. The van der Waals surface area contributed by atoms with Gasteiger partial charge in [-0.05, 0) is 38.5 Å². The Labute approximate surface area is 147 Å². The molecule has 0 amide bonds. The van der Waals surface area contributed by atoms with Crippen LogP contribution in [0.3, 0.4) is 0 Å². The third-order valence-corrected chi connectivity index (χ3v) is 4.15. The lowest BCUT2D eigenvalue weighted by Crippen LogP contribution is -2.13. The molecule has 1 heterocycles. The van der Waals surface area contributed by atoms with Gasteiger partial charge in [-0.25, -0.2) is 4.79 Å². The maximum absolute atomic E-state index is 12.7. The minimum absolute atomic E-state index is 0.122. The van der Waals surface area contributed by atoms with E-state index >= 15 is 0 Å². The van der Waals surface area contributed by atoms with Gasteiger partial charge in [-0.15, -0.1) is 0 Å². The van der Waals surface area contributed by atoms with E-state index in [1.165, 1.54) is 7.11 Å². The lowest BCUT2D eigenvalue weighted by Gasteiger charge is -2.08. The van der Waals surface area contributed by atoms with Gasteiger partial charge in [0.25, 0.3) is 0 Å². The van der Waals surface area contributed by atoms with E-state index in [9.17, 15) is 9.59 Å². The minimum Gasteiger partial charge on any atom is -0.497 e. The number of methoxy groups -OCH3 is 2. The van der Waals surface area contributed by atoms with Gasteiger partial charge >= 0.3 is 5.97 Å². The molecule has 0 fully saturated rings. The standard InChI is InChI=1S/C19H23NO5/c1-6-20-13(3)17(12(2)18(20)19(22)24-5)16(21)11-25-15-9-7-8-14(10-15)23-4/h7-10H,6,11H2,1-5H3. The molecular weight excluding hydrogens is 322 g/mol. The average molecular weight is 345 g/mol. The molecule has 0 saturated heterocycles. The van der Waals surface area contributed by atoms with Crippen LogP contribution < -0.4 is 9.47 Å². The first-order valence-electron chi connectivity index (χ1n) is 8.02. The predicted molar refractivity (Wildman–Crippen MR) is 93.7 cm³/mol. The van der Waals surface area contributed by atoms with Gasteiger partial charge in [0.05, 0.1) is 14.2 Å². The molecule has 1 aromatic heterocycles. The quantitative estimate of drug-likeness (QED) is 0.569. The highest BCUT2D eigenvalue weighted by Gasteiger charge is 2.26. The van der Waals surface area contributed by atoms with Crippen LogP contribution in [0.2, 0.25) is 0 Å². The number of benzene rings is 1. The Bertz CT molecular complexity index is 791. The van der Waals surface area contributed by atoms with Crippen LogP contribution in [0.1, 0.15) is 39.0 Å². The number of hydrogen-bond donors (Lipinski definition) is 0. The van der Waals surface area contributed by atoms with E-state index in [0.717, 1.165) is 5.69 Å². The van der Waals surface area contributed by atoms with Crippen LogP contribution in [0.25, 0.3) is 0 Å². The molecule has 6 nitrogen and oxygen atoms in total. The van der Waals surface area contributed by atoms with E-state index in [2.05, 4.69) is 0 Å². The Morgan fingerprint density at radius 3 is 2.40 bits per heavy atom. The van der Waals surface area contributed by atoms with Gasteiger partial charge in [-0.3, -0.25) is 4.79 Å². The Kier molecular flexibility index (Phi) is 5.85. The molecule has 25 heavy (non-hydrogen) atoms. The maximum atomic E-state index is 12.7. The molecular formula is C19H23NO5. The van der Waals surface area contributed by atoms with Crippen LogP contribution in [-0.4, -0.2) is 37.1 Å². The van der Waals surface area contributed by atoms with Crippen LogP contribution in [0, 0.1) is 13.8 Å². The zero-order valence-corrected chi connectivity index (χ0v) is 15.2. The van der Waals surface area contributed by atoms with E-state index in [-0.39, 0.29) is 12.4 Å². The van der Waals surface area contributed by atoms with Gasteiger partial charge in [0.1, 0.15) is 17.2 Å². The minimum atomic E-state index is -0.449. The van der Waals surface area contributed by atoms with Crippen molar-refractivity contribution in [2.75, 3.05) is 20.8 Å².